The predicted octanol–water partition coefficient (Wildman–Crippen LogP) is 2.49. The summed E-state index contributed by atoms with van der Waals surface area (Å²) >= 11 is 5.36. The number of halogens is 1. The first-order valence-electron chi connectivity index (χ1n) is 4.70. The molecule has 0 aliphatic rings. The van der Waals surface area contributed by atoms with E-state index >= 15 is 0 Å². The third kappa shape index (κ3) is 3.03. The van der Waals surface area contributed by atoms with Crippen molar-refractivity contribution < 1.29 is 14.3 Å². The van der Waals surface area contributed by atoms with Crippen molar-refractivity contribution in [1.29, 1.82) is 0 Å². The van der Waals surface area contributed by atoms with Gasteiger partial charge in [-0.25, -0.2) is 0 Å². The summed E-state index contributed by atoms with van der Waals surface area (Å²) in [5.41, 5.74) is 0.846. The van der Waals surface area contributed by atoms with E-state index in [-0.39, 0.29) is 0 Å². The highest BCUT2D eigenvalue weighted by Gasteiger charge is 2.10. The molecule has 1 amide bonds. The van der Waals surface area contributed by atoms with Gasteiger partial charge in [0.05, 0.1) is 20.8 Å². The number of hydrogen-bond acceptors (Lipinski definition) is 3. The normalized spacial score (nSPS) is 9.75. The SMILES string of the molecule is COc1ccc(OC)c(CN(C)C(=O)Cl)c1. The molecule has 0 atom stereocenters. The van der Waals surface area contributed by atoms with E-state index in [4.69, 9.17) is 21.1 Å². The predicted molar refractivity (Wildman–Crippen MR) is 62.3 cm³/mol. The Bertz CT molecular complexity index is 381. The van der Waals surface area contributed by atoms with E-state index in [2.05, 4.69) is 0 Å². The average molecular weight is 244 g/mol. The van der Waals surface area contributed by atoms with Crippen molar-refractivity contribution in [3.8, 4) is 11.5 Å². The van der Waals surface area contributed by atoms with Gasteiger partial charge in [-0.3, -0.25) is 4.79 Å². The topological polar surface area (TPSA) is 38.8 Å². The summed E-state index contributed by atoms with van der Waals surface area (Å²) < 4.78 is 10.3. The molecule has 0 unspecified atom stereocenters. The van der Waals surface area contributed by atoms with E-state index < -0.39 is 5.37 Å². The Morgan fingerprint density at radius 3 is 2.56 bits per heavy atom. The first kappa shape index (κ1) is 12.6. The van der Waals surface area contributed by atoms with Crippen molar-refractivity contribution in [1.82, 2.24) is 4.90 Å². The lowest BCUT2D eigenvalue weighted by Gasteiger charge is -2.16. The van der Waals surface area contributed by atoms with Crippen molar-refractivity contribution in [2.24, 2.45) is 0 Å². The molecule has 0 aliphatic carbocycles. The molecule has 1 rings (SSSR count). The highest BCUT2D eigenvalue weighted by Crippen LogP contribution is 2.25. The Hall–Kier alpha value is -1.42. The van der Waals surface area contributed by atoms with Crippen LogP contribution in [0, 0.1) is 0 Å². The molecule has 0 aromatic heterocycles. The zero-order valence-corrected chi connectivity index (χ0v) is 10.2. The van der Waals surface area contributed by atoms with Crippen LogP contribution in [0.3, 0.4) is 0 Å². The Balaban J connectivity index is 2.95. The number of hydrogen-bond donors (Lipinski definition) is 0. The lowest BCUT2D eigenvalue weighted by Crippen LogP contribution is -2.20. The van der Waals surface area contributed by atoms with Gasteiger partial charge in [0.25, 0.3) is 0 Å². The molecule has 1 aromatic carbocycles. The summed E-state index contributed by atoms with van der Waals surface area (Å²) in [7, 11) is 4.78. The standard InChI is InChI=1S/C11H14ClNO3/c1-13(11(12)14)7-8-6-9(15-2)4-5-10(8)16-3/h4-6H,7H2,1-3H3. The summed E-state index contributed by atoms with van der Waals surface area (Å²) in [5, 5.41) is -0.509. The molecule has 1 aromatic rings. The number of nitrogens with zero attached hydrogens (tertiary/aromatic N) is 1. The number of benzene rings is 1. The summed E-state index contributed by atoms with van der Waals surface area (Å²) in [4.78, 5) is 12.3. The van der Waals surface area contributed by atoms with Crippen LogP contribution >= 0.6 is 11.6 Å². The lowest BCUT2D eigenvalue weighted by atomic mass is 10.2. The molecule has 0 spiro atoms. The van der Waals surface area contributed by atoms with Crippen molar-refractivity contribution >= 4 is 17.0 Å². The minimum absolute atomic E-state index is 0.378. The molecule has 0 saturated carbocycles. The number of ether oxygens (including phenoxy) is 2. The molecule has 88 valence electrons. The number of carbonyl (C=O) groups excluding carboxylic acids is 1. The van der Waals surface area contributed by atoms with Gasteiger partial charge < -0.3 is 14.4 Å². The van der Waals surface area contributed by atoms with E-state index in [0.29, 0.717) is 18.0 Å². The fraction of sp³-hybridized carbons (Fsp3) is 0.364. The molecule has 4 nitrogen and oxygen atoms in total. The van der Waals surface area contributed by atoms with Crippen molar-refractivity contribution in [3.05, 3.63) is 23.8 Å². The quantitative estimate of drug-likeness (QED) is 0.603. The van der Waals surface area contributed by atoms with Gasteiger partial charge in [-0.05, 0) is 29.8 Å². The van der Waals surface area contributed by atoms with Crippen molar-refractivity contribution in [3.63, 3.8) is 0 Å². The molecule has 0 radical (unpaired) electrons. The van der Waals surface area contributed by atoms with Gasteiger partial charge in [0, 0.05) is 12.6 Å². The number of rotatable bonds is 4. The maximum Gasteiger partial charge on any atom is 0.316 e. The number of carbonyl (C=O) groups is 1. The molecule has 0 heterocycles. The number of amides is 1. The van der Waals surface area contributed by atoms with Crippen LogP contribution in [-0.4, -0.2) is 31.5 Å². The summed E-state index contributed by atoms with van der Waals surface area (Å²) in [6.45, 7) is 0.378. The third-order valence-electron chi connectivity index (χ3n) is 2.20. The van der Waals surface area contributed by atoms with Gasteiger partial charge in [0.2, 0.25) is 0 Å². The van der Waals surface area contributed by atoms with Gasteiger partial charge in [0.15, 0.2) is 0 Å². The summed E-state index contributed by atoms with van der Waals surface area (Å²) in [6.07, 6.45) is 0. The molecule has 0 aliphatic heterocycles. The number of methoxy groups -OCH3 is 2. The highest BCUT2D eigenvalue weighted by molar-refractivity contribution is 6.62. The van der Waals surface area contributed by atoms with Crippen LogP contribution in [0.1, 0.15) is 5.56 Å². The molecule has 16 heavy (non-hydrogen) atoms. The zero-order chi connectivity index (χ0) is 12.1. The van der Waals surface area contributed by atoms with Crippen LogP contribution in [-0.2, 0) is 6.54 Å². The van der Waals surface area contributed by atoms with Crippen LogP contribution < -0.4 is 9.47 Å². The monoisotopic (exact) mass is 243 g/mol. The first-order valence-corrected chi connectivity index (χ1v) is 5.07. The second-order valence-corrected chi connectivity index (χ2v) is 3.61. The smallest absolute Gasteiger partial charge is 0.316 e. The van der Waals surface area contributed by atoms with E-state index in [1.165, 1.54) is 4.90 Å². The second kappa shape index (κ2) is 5.61. The van der Waals surface area contributed by atoms with E-state index in [9.17, 15) is 4.79 Å². The summed E-state index contributed by atoms with van der Waals surface area (Å²) in [6, 6.07) is 5.40. The molecule has 0 saturated heterocycles. The van der Waals surface area contributed by atoms with Gasteiger partial charge in [-0.15, -0.1) is 0 Å². The maximum absolute atomic E-state index is 10.9. The van der Waals surface area contributed by atoms with Crippen LogP contribution in [0.4, 0.5) is 4.79 Å². The van der Waals surface area contributed by atoms with Crippen LogP contribution in [0.5, 0.6) is 11.5 Å². The van der Waals surface area contributed by atoms with Crippen LogP contribution in [0.15, 0.2) is 18.2 Å². The highest BCUT2D eigenvalue weighted by atomic mass is 35.5. The molecule has 0 fully saturated rings. The summed E-state index contributed by atoms with van der Waals surface area (Å²) in [5.74, 6) is 1.41. The van der Waals surface area contributed by atoms with Crippen molar-refractivity contribution in [2.75, 3.05) is 21.3 Å². The fourth-order valence-corrected chi connectivity index (χ4v) is 1.38. The van der Waals surface area contributed by atoms with Crippen molar-refractivity contribution in [2.45, 2.75) is 6.54 Å². The largest absolute Gasteiger partial charge is 0.497 e. The van der Waals surface area contributed by atoms with Gasteiger partial charge in [0.1, 0.15) is 11.5 Å². The fourth-order valence-electron chi connectivity index (χ4n) is 1.32. The first-order chi connectivity index (χ1) is 7.58. The minimum atomic E-state index is -0.509. The maximum atomic E-state index is 10.9. The van der Waals surface area contributed by atoms with Gasteiger partial charge >= 0.3 is 5.37 Å². The van der Waals surface area contributed by atoms with E-state index in [1.807, 2.05) is 6.07 Å². The van der Waals surface area contributed by atoms with Gasteiger partial charge in [-0.1, -0.05) is 0 Å². The van der Waals surface area contributed by atoms with E-state index in [0.717, 1.165) is 5.56 Å². The second-order valence-electron chi connectivity index (χ2n) is 3.29. The Kier molecular flexibility index (Phi) is 4.43. The van der Waals surface area contributed by atoms with Crippen LogP contribution in [0.2, 0.25) is 0 Å². The third-order valence-corrected chi connectivity index (χ3v) is 2.48. The molecular formula is C11H14ClNO3. The molecular weight excluding hydrogens is 230 g/mol. The Morgan fingerprint density at radius 1 is 1.38 bits per heavy atom. The average Bonchev–Trinajstić information content (AvgIpc) is 2.28. The minimum Gasteiger partial charge on any atom is -0.497 e. The molecule has 0 N–H and O–H groups in total. The Labute approximate surface area is 99.7 Å². The lowest BCUT2D eigenvalue weighted by molar-refractivity contribution is 0.230. The molecule has 0 bridgehead atoms. The van der Waals surface area contributed by atoms with Crippen LogP contribution in [0.25, 0.3) is 0 Å². The van der Waals surface area contributed by atoms with Gasteiger partial charge in [-0.2, -0.15) is 0 Å². The molecule has 5 heteroatoms. The Morgan fingerprint density at radius 2 is 2.06 bits per heavy atom. The zero-order valence-electron chi connectivity index (χ0n) is 9.49. The van der Waals surface area contributed by atoms with E-state index in [1.54, 1.807) is 33.4 Å².